The van der Waals surface area contributed by atoms with Crippen LogP contribution in [0.3, 0.4) is 0 Å². The second-order valence-corrected chi connectivity index (χ2v) is 4.53. The van der Waals surface area contributed by atoms with Crippen molar-refractivity contribution in [1.29, 1.82) is 0 Å². The second-order valence-electron chi connectivity index (χ2n) is 4.53. The van der Waals surface area contributed by atoms with E-state index >= 15 is 0 Å². The van der Waals surface area contributed by atoms with E-state index in [2.05, 4.69) is 5.32 Å². The molecule has 0 heterocycles. The molecule has 0 saturated heterocycles. The Labute approximate surface area is 113 Å². The lowest BCUT2D eigenvalue weighted by molar-refractivity contribution is -0.122. The number of rotatable bonds is 6. The molecule has 0 aliphatic heterocycles. The van der Waals surface area contributed by atoms with Crippen LogP contribution in [0.2, 0.25) is 0 Å². The number of carbonyl (C=O) groups is 1. The number of nitrogens with one attached hydrogen (secondary N) is 1. The molecular formula is C14H21FN2O2. The topological polar surface area (TPSA) is 52.6 Å². The van der Waals surface area contributed by atoms with Crippen molar-refractivity contribution in [3.8, 4) is 5.75 Å². The number of halogens is 1. The van der Waals surface area contributed by atoms with Gasteiger partial charge in [0.1, 0.15) is 11.6 Å². The maximum absolute atomic E-state index is 13.8. The van der Waals surface area contributed by atoms with Crippen LogP contribution >= 0.6 is 0 Å². The average Bonchev–Trinajstić information content (AvgIpc) is 2.37. The Bertz CT molecular complexity index is 437. The summed E-state index contributed by atoms with van der Waals surface area (Å²) in [5.41, 5.74) is 0.482. The van der Waals surface area contributed by atoms with Gasteiger partial charge in [-0.25, -0.2) is 4.39 Å². The van der Waals surface area contributed by atoms with Crippen LogP contribution in [0.15, 0.2) is 18.2 Å². The van der Waals surface area contributed by atoms with Crippen LogP contribution in [0.4, 0.5) is 4.39 Å². The largest absolute Gasteiger partial charge is 0.508 e. The number of likely N-dealkylation sites (N-methyl/N-ethyl adjacent to an activating group) is 1. The Morgan fingerprint density at radius 3 is 2.74 bits per heavy atom. The summed E-state index contributed by atoms with van der Waals surface area (Å²) in [4.78, 5) is 13.4. The Kier molecular flexibility index (Phi) is 5.76. The molecule has 1 atom stereocenters. The number of nitrogens with zero attached hydrogens (tertiary/aromatic N) is 1. The molecule has 1 rings (SSSR count). The second kappa shape index (κ2) is 7.09. The van der Waals surface area contributed by atoms with Crippen molar-refractivity contribution in [3.05, 3.63) is 29.6 Å². The Morgan fingerprint density at radius 1 is 1.53 bits per heavy atom. The van der Waals surface area contributed by atoms with Gasteiger partial charge in [-0.15, -0.1) is 0 Å². The van der Waals surface area contributed by atoms with Gasteiger partial charge in [-0.1, -0.05) is 13.0 Å². The molecule has 0 fully saturated rings. The molecule has 0 radical (unpaired) electrons. The summed E-state index contributed by atoms with van der Waals surface area (Å²) in [6.07, 6.45) is 0.876. The average molecular weight is 268 g/mol. The minimum Gasteiger partial charge on any atom is -0.508 e. The van der Waals surface area contributed by atoms with Gasteiger partial charge in [0, 0.05) is 24.7 Å². The molecule has 0 aliphatic rings. The van der Waals surface area contributed by atoms with E-state index in [-0.39, 0.29) is 24.2 Å². The van der Waals surface area contributed by atoms with Crippen LogP contribution in [-0.4, -0.2) is 36.1 Å². The Balaban J connectivity index is 2.91. The molecule has 0 aliphatic carbocycles. The molecule has 1 amide bonds. The maximum atomic E-state index is 13.8. The fraction of sp³-hybridized carbons (Fsp3) is 0.500. The molecule has 1 unspecified atom stereocenters. The number of aromatic hydroxyl groups is 1. The number of phenols is 1. The minimum absolute atomic E-state index is 0.0956. The zero-order chi connectivity index (χ0) is 14.4. The first-order valence-electron chi connectivity index (χ1n) is 6.42. The molecule has 0 aromatic heterocycles. The van der Waals surface area contributed by atoms with Gasteiger partial charge in [0.25, 0.3) is 0 Å². The van der Waals surface area contributed by atoms with E-state index in [0.29, 0.717) is 12.1 Å². The van der Waals surface area contributed by atoms with Crippen molar-refractivity contribution in [2.24, 2.45) is 0 Å². The lowest BCUT2D eigenvalue weighted by atomic mass is 10.1. The number of hydrogen-bond donors (Lipinski definition) is 2. The van der Waals surface area contributed by atoms with Crippen LogP contribution < -0.4 is 5.32 Å². The zero-order valence-electron chi connectivity index (χ0n) is 11.6. The lowest BCUT2D eigenvalue weighted by Gasteiger charge is -2.28. The summed E-state index contributed by atoms with van der Waals surface area (Å²) < 4.78 is 13.8. The van der Waals surface area contributed by atoms with Crippen molar-refractivity contribution in [2.75, 3.05) is 20.1 Å². The van der Waals surface area contributed by atoms with Crippen LogP contribution in [0.5, 0.6) is 5.75 Å². The van der Waals surface area contributed by atoms with Crippen molar-refractivity contribution in [2.45, 2.75) is 26.3 Å². The molecule has 4 nitrogen and oxygen atoms in total. The molecule has 1 aromatic rings. The van der Waals surface area contributed by atoms with Gasteiger partial charge >= 0.3 is 0 Å². The highest BCUT2D eigenvalue weighted by Crippen LogP contribution is 2.25. The predicted octanol–water partition coefficient (Wildman–Crippen LogP) is 2.05. The molecule has 0 bridgehead atoms. The standard InChI is InChI=1S/C14H21FN2O2/c1-4-7-17(9-14(19)16-3)10(2)12-6-5-11(18)8-13(12)15/h5-6,8,10,18H,4,7,9H2,1-3H3,(H,16,19). The summed E-state index contributed by atoms with van der Waals surface area (Å²) in [5.74, 6) is -0.646. The summed E-state index contributed by atoms with van der Waals surface area (Å²) in [5, 5.41) is 11.8. The van der Waals surface area contributed by atoms with E-state index in [1.165, 1.54) is 6.07 Å². The van der Waals surface area contributed by atoms with Crippen molar-refractivity contribution in [3.63, 3.8) is 0 Å². The molecule has 106 valence electrons. The summed E-state index contributed by atoms with van der Waals surface area (Å²) in [7, 11) is 1.58. The fourth-order valence-corrected chi connectivity index (χ4v) is 2.01. The number of benzene rings is 1. The lowest BCUT2D eigenvalue weighted by Crippen LogP contribution is -2.37. The Morgan fingerprint density at radius 2 is 2.21 bits per heavy atom. The number of hydrogen-bond acceptors (Lipinski definition) is 3. The highest BCUT2D eigenvalue weighted by molar-refractivity contribution is 5.77. The summed E-state index contributed by atoms with van der Waals surface area (Å²) in [6, 6.07) is 3.88. The quantitative estimate of drug-likeness (QED) is 0.830. The molecule has 19 heavy (non-hydrogen) atoms. The molecule has 2 N–H and O–H groups in total. The van der Waals surface area contributed by atoms with Crippen molar-refractivity contribution < 1.29 is 14.3 Å². The normalized spacial score (nSPS) is 12.5. The monoisotopic (exact) mass is 268 g/mol. The number of carbonyl (C=O) groups excluding carboxylic acids is 1. The summed E-state index contributed by atoms with van der Waals surface area (Å²) in [6.45, 7) is 4.80. The third kappa shape index (κ3) is 4.21. The first kappa shape index (κ1) is 15.4. The molecule has 5 heteroatoms. The van der Waals surface area contributed by atoms with Gasteiger partial charge in [0.15, 0.2) is 0 Å². The molecule has 0 spiro atoms. The van der Waals surface area contributed by atoms with Crippen LogP contribution in [0, 0.1) is 5.82 Å². The minimum atomic E-state index is -0.453. The van der Waals surface area contributed by atoms with E-state index in [9.17, 15) is 14.3 Å². The van der Waals surface area contributed by atoms with Gasteiger partial charge < -0.3 is 10.4 Å². The third-order valence-corrected chi connectivity index (χ3v) is 3.12. The van der Waals surface area contributed by atoms with Gasteiger partial charge in [0.05, 0.1) is 6.54 Å². The Hall–Kier alpha value is -1.62. The number of phenolic OH excluding ortho intramolecular Hbond substituents is 1. The predicted molar refractivity (Wildman–Crippen MR) is 72.4 cm³/mol. The summed E-state index contributed by atoms with van der Waals surface area (Å²) >= 11 is 0. The van der Waals surface area contributed by atoms with E-state index < -0.39 is 5.82 Å². The van der Waals surface area contributed by atoms with Gasteiger partial charge in [-0.05, 0) is 26.0 Å². The highest BCUT2D eigenvalue weighted by Gasteiger charge is 2.20. The van der Waals surface area contributed by atoms with Crippen molar-refractivity contribution in [1.82, 2.24) is 10.2 Å². The van der Waals surface area contributed by atoms with E-state index in [1.54, 1.807) is 13.1 Å². The number of amides is 1. The maximum Gasteiger partial charge on any atom is 0.233 e. The molecular weight excluding hydrogens is 247 g/mol. The van der Waals surface area contributed by atoms with E-state index in [0.717, 1.165) is 12.5 Å². The first-order valence-corrected chi connectivity index (χ1v) is 6.42. The smallest absolute Gasteiger partial charge is 0.233 e. The SMILES string of the molecule is CCCN(CC(=O)NC)C(C)c1ccc(O)cc1F. The van der Waals surface area contributed by atoms with Crippen molar-refractivity contribution >= 4 is 5.91 Å². The fourth-order valence-electron chi connectivity index (χ4n) is 2.01. The van der Waals surface area contributed by atoms with Crippen LogP contribution in [0.1, 0.15) is 31.9 Å². The van der Waals surface area contributed by atoms with Gasteiger partial charge in [0.2, 0.25) is 5.91 Å². The van der Waals surface area contributed by atoms with Crippen LogP contribution in [-0.2, 0) is 4.79 Å². The van der Waals surface area contributed by atoms with E-state index in [4.69, 9.17) is 0 Å². The van der Waals surface area contributed by atoms with Gasteiger partial charge in [-0.3, -0.25) is 9.69 Å². The third-order valence-electron chi connectivity index (χ3n) is 3.12. The zero-order valence-corrected chi connectivity index (χ0v) is 11.6. The van der Waals surface area contributed by atoms with Crippen LogP contribution in [0.25, 0.3) is 0 Å². The molecule has 1 aromatic carbocycles. The van der Waals surface area contributed by atoms with Gasteiger partial charge in [-0.2, -0.15) is 0 Å². The molecule has 0 saturated carbocycles. The van der Waals surface area contributed by atoms with E-state index in [1.807, 2.05) is 18.7 Å². The highest BCUT2D eigenvalue weighted by atomic mass is 19.1. The first-order chi connectivity index (χ1) is 8.99.